The summed E-state index contributed by atoms with van der Waals surface area (Å²) < 4.78 is 47.5. The molecule has 4 rings (SSSR count). The number of hydrogen-bond acceptors (Lipinski definition) is 4. The lowest BCUT2D eigenvalue weighted by molar-refractivity contribution is -0.146. The second-order valence-corrected chi connectivity index (χ2v) is 9.54. The van der Waals surface area contributed by atoms with E-state index in [0.717, 1.165) is 18.2 Å². The monoisotopic (exact) mass is 530 g/mol. The molecule has 1 aliphatic heterocycles. The predicted molar refractivity (Wildman–Crippen MR) is 135 cm³/mol. The zero-order valence-corrected chi connectivity index (χ0v) is 20.9. The Morgan fingerprint density at radius 1 is 1.27 bits per heavy atom. The molecule has 37 heavy (non-hydrogen) atoms. The normalized spacial score (nSPS) is 18.7. The number of piperidine rings is 1. The average molecular weight is 531 g/mol. The minimum absolute atomic E-state index is 0.120. The van der Waals surface area contributed by atoms with Crippen molar-refractivity contribution >= 4 is 28.5 Å². The fourth-order valence-electron chi connectivity index (χ4n) is 4.83. The van der Waals surface area contributed by atoms with Gasteiger partial charge in [-0.3, -0.25) is 14.7 Å². The van der Waals surface area contributed by atoms with E-state index < -0.39 is 29.7 Å². The van der Waals surface area contributed by atoms with Gasteiger partial charge in [-0.2, -0.15) is 0 Å². The summed E-state index contributed by atoms with van der Waals surface area (Å²) in [4.78, 5) is 18.2. The molecular weight excluding hydrogens is 505 g/mol. The lowest BCUT2D eigenvalue weighted by Gasteiger charge is -2.36. The molecule has 5 nitrogen and oxygen atoms in total. The van der Waals surface area contributed by atoms with E-state index in [1.807, 2.05) is 4.90 Å². The second-order valence-electron chi connectivity index (χ2n) is 9.14. The van der Waals surface area contributed by atoms with E-state index in [2.05, 4.69) is 16.8 Å². The molecule has 2 heterocycles. The number of halogens is 4. The maximum Gasteiger partial charge on any atom is 0.308 e. The molecule has 194 valence electrons. The van der Waals surface area contributed by atoms with Crippen LogP contribution < -0.4 is 4.74 Å². The van der Waals surface area contributed by atoms with Gasteiger partial charge in [0.15, 0.2) is 0 Å². The Bertz CT molecular complexity index is 1340. The number of ether oxygens (including phenoxy) is 1. The van der Waals surface area contributed by atoms with E-state index in [-0.39, 0.29) is 36.0 Å². The fourth-order valence-corrected chi connectivity index (χ4v) is 5.10. The lowest BCUT2D eigenvalue weighted by Crippen LogP contribution is -2.44. The SMILES string of the molecule is COc1ccc2ncc(Cl)c([C@@H](F)CC[C@H]3CCN(CC#Cc4cc(F)cc(F)c4)C[C@H]3C(=O)O)c2c1. The number of carbonyl (C=O) groups is 1. The molecule has 3 aromatic rings. The van der Waals surface area contributed by atoms with E-state index >= 15 is 4.39 Å². The van der Waals surface area contributed by atoms with E-state index in [4.69, 9.17) is 16.3 Å². The summed E-state index contributed by atoms with van der Waals surface area (Å²) in [6, 6.07) is 8.25. The van der Waals surface area contributed by atoms with Crippen LogP contribution in [0.1, 0.15) is 36.6 Å². The van der Waals surface area contributed by atoms with Gasteiger partial charge in [0.05, 0.1) is 30.1 Å². The van der Waals surface area contributed by atoms with Crippen molar-refractivity contribution in [1.29, 1.82) is 0 Å². The number of carboxylic acids is 1. The molecule has 0 aliphatic carbocycles. The van der Waals surface area contributed by atoms with Gasteiger partial charge < -0.3 is 9.84 Å². The van der Waals surface area contributed by atoms with E-state index in [9.17, 15) is 18.7 Å². The van der Waals surface area contributed by atoms with Crippen molar-refractivity contribution in [3.8, 4) is 17.6 Å². The summed E-state index contributed by atoms with van der Waals surface area (Å²) in [6.07, 6.45) is 1.10. The van der Waals surface area contributed by atoms with Gasteiger partial charge in [0.1, 0.15) is 23.6 Å². The van der Waals surface area contributed by atoms with Crippen LogP contribution in [0.5, 0.6) is 5.75 Å². The maximum atomic E-state index is 15.5. The van der Waals surface area contributed by atoms with Crippen molar-refractivity contribution in [2.75, 3.05) is 26.7 Å². The number of carboxylic acid groups (broad SMARTS) is 1. The van der Waals surface area contributed by atoms with E-state index in [0.29, 0.717) is 41.6 Å². The molecule has 2 aromatic carbocycles. The Morgan fingerprint density at radius 3 is 2.73 bits per heavy atom. The van der Waals surface area contributed by atoms with Gasteiger partial charge in [-0.05, 0) is 62.1 Å². The van der Waals surface area contributed by atoms with Crippen LogP contribution in [0, 0.1) is 35.3 Å². The first-order valence-corrected chi connectivity index (χ1v) is 12.3. The highest BCUT2D eigenvalue weighted by Crippen LogP contribution is 2.38. The highest BCUT2D eigenvalue weighted by atomic mass is 35.5. The average Bonchev–Trinajstić information content (AvgIpc) is 2.86. The molecule has 0 unspecified atom stereocenters. The number of hydrogen-bond donors (Lipinski definition) is 1. The van der Waals surface area contributed by atoms with Crippen LogP contribution in [0.2, 0.25) is 5.02 Å². The Labute approximate surface area is 218 Å². The summed E-state index contributed by atoms with van der Waals surface area (Å²) in [5.74, 6) is 2.90. The molecule has 0 spiro atoms. The molecular formula is C28H26ClF3N2O3. The Kier molecular flexibility index (Phi) is 8.57. The molecule has 0 amide bonds. The van der Waals surface area contributed by atoms with Gasteiger partial charge >= 0.3 is 5.97 Å². The number of methoxy groups -OCH3 is 1. The van der Waals surface area contributed by atoms with Crippen LogP contribution >= 0.6 is 11.6 Å². The first-order valence-electron chi connectivity index (χ1n) is 11.9. The summed E-state index contributed by atoms with van der Waals surface area (Å²) in [5, 5.41) is 10.6. The molecule has 0 saturated carbocycles. The van der Waals surface area contributed by atoms with Crippen molar-refractivity contribution in [2.24, 2.45) is 11.8 Å². The quantitative estimate of drug-likeness (QED) is 0.377. The number of likely N-dealkylation sites (tertiary alicyclic amines) is 1. The second kappa shape index (κ2) is 11.8. The predicted octanol–water partition coefficient (Wildman–Crippen LogP) is 6.04. The largest absolute Gasteiger partial charge is 0.497 e. The topological polar surface area (TPSA) is 62.7 Å². The smallest absolute Gasteiger partial charge is 0.308 e. The molecule has 3 atom stereocenters. The minimum Gasteiger partial charge on any atom is -0.497 e. The molecule has 0 radical (unpaired) electrons. The van der Waals surface area contributed by atoms with E-state index in [1.54, 1.807) is 18.2 Å². The number of aliphatic carboxylic acids is 1. The third-order valence-corrected chi connectivity index (χ3v) is 7.03. The highest BCUT2D eigenvalue weighted by Gasteiger charge is 2.34. The Morgan fingerprint density at radius 2 is 2.03 bits per heavy atom. The molecule has 1 N–H and O–H groups in total. The van der Waals surface area contributed by atoms with Crippen molar-refractivity contribution in [1.82, 2.24) is 9.88 Å². The number of pyridine rings is 1. The van der Waals surface area contributed by atoms with Crippen molar-refractivity contribution in [3.63, 3.8) is 0 Å². The van der Waals surface area contributed by atoms with Crippen molar-refractivity contribution < 1.29 is 27.8 Å². The molecule has 1 saturated heterocycles. The molecule has 0 bridgehead atoms. The standard InChI is InChI=1S/C28H26ClF3N2O3/c1-37-21-5-7-26-22(14-21)27(24(29)15-33-26)25(32)6-4-18-8-10-34(16-23(18)28(35)36)9-2-3-17-11-19(30)13-20(31)12-17/h5,7,11-15,18,23,25H,4,6,8-10,16H2,1H3,(H,35,36)/t18-,23+,25-/m0/s1. The van der Waals surface area contributed by atoms with Gasteiger partial charge in [0, 0.05) is 35.3 Å². The third kappa shape index (κ3) is 6.54. The molecule has 1 aromatic heterocycles. The van der Waals surface area contributed by atoms with Gasteiger partial charge in [-0.15, -0.1) is 0 Å². The number of benzene rings is 2. The van der Waals surface area contributed by atoms with Crippen LogP contribution in [0.3, 0.4) is 0 Å². The Balaban J connectivity index is 1.41. The number of aromatic nitrogens is 1. The molecule has 9 heteroatoms. The minimum atomic E-state index is -1.39. The summed E-state index contributed by atoms with van der Waals surface area (Å²) in [7, 11) is 1.52. The van der Waals surface area contributed by atoms with Crippen molar-refractivity contribution in [2.45, 2.75) is 25.4 Å². The highest BCUT2D eigenvalue weighted by molar-refractivity contribution is 6.32. The van der Waals surface area contributed by atoms with Gasteiger partial charge in [-0.25, -0.2) is 13.2 Å². The van der Waals surface area contributed by atoms with Crippen molar-refractivity contribution in [3.05, 3.63) is 70.4 Å². The molecule has 1 fully saturated rings. The first-order chi connectivity index (χ1) is 17.7. The van der Waals surface area contributed by atoms with Crippen LogP contribution in [-0.4, -0.2) is 47.7 Å². The summed E-state index contributed by atoms with van der Waals surface area (Å²) in [5.41, 5.74) is 1.15. The number of nitrogens with zero attached hydrogens (tertiary/aromatic N) is 2. The zero-order chi connectivity index (χ0) is 26.5. The van der Waals surface area contributed by atoms with Crippen LogP contribution in [-0.2, 0) is 4.79 Å². The van der Waals surface area contributed by atoms with E-state index in [1.165, 1.54) is 13.3 Å². The number of fused-ring (bicyclic) bond motifs is 1. The van der Waals surface area contributed by atoms with Crippen LogP contribution in [0.4, 0.5) is 13.2 Å². The zero-order valence-electron chi connectivity index (χ0n) is 20.2. The van der Waals surface area contributed by atoms with Crippen LogP contribution in [0.15, 0.2) is 42.6 Å². The first kappa shape index (κ1) is 26.8. The van der Waals surface area contributed by atoms with Gasteiger partial charge in [-0.1, -0.05) is 23.4 Å². The number of alkyl halides is 1. The molecule has 1 aliphatic rings. The number of rotatable bonds is 7. The van der Waals surface area contributed by atoms with Crippen LogP contribution in [0.25, 0.3) is 10.9 Å². The Hall–Kier alpha value is -3.28. The maximum absolute atomic E-state index is 15.5. The third-order valence-electron chi connectivity index (χ3n) is 6.73. The lowest BCUT2D eigenvalue weighted by atomic mass is 9.81. The summed E-state index contributed by atoms with van der Waals surface area (Å²) in [6.45, 7) is 1.12. The van der Waals surface area contributed by atoms with Gasteiger partial charge in [0.2, 0.25) is 0 Å². The fraction of sp³-hybridized carbons (Fsp3) is 0.357. The summed E-state index contributed by atoms with van der Waals surface area (Å²) >= 11 is 6.32. The van der Waals surface area contributed by atoms with Gasteiger partial charge in [0.25, 0.3) is 0 Å².